The van der Waals surface area contributed by atoms with Gasteiger partial charge >= 0.3 is 0 Å². The molecule has 37 heteroatoms. The number of aliphatic hydroxyl groups is 5. The normalized spacial score (nSPS) is 41.8. The van der Waals surface area contributed by atoms with Crippen LogP contribution in [0.15, 0.2) is 73.8 Å². The second-order valence-electron chi connectivity index (χ2n) is 27.0. The van der Waals surface area contributed by atoms with Crippen molar-refractivity contribution in [3.05, 3.63) is 73.8 Å². The van der Waals surface area contributed by atoms with E-state index >= 15 is 0 Å². The number of hydrogen-bond acceptors (Lipinski definition) is 37. The Labute approximate surface area is 645 Å². The molecule has 632 valence electrons. The monoisotopic (exact) mass is 1590 g/mol. The van der Waals surface area contributed by atoms with E-state index in [1.807, 2.05) is 0 Å². The average Bonchev–Trinajstić information content (AvgIpc) is 0.782. The molecule has 14 bridgehead atoms. The average molecular weight is 1600 g/mol. The van der Waals surface area contributed by atoms with Gasteiger partial charge in [0, 0.05) is 99.5 Å². The fourth-order valence-electron chi connectivity index (χ4n) is 15.7. The molecular weight excluding hydrogens is 1480 g/mol. The summed E-state index contributed by atoms with van der Waals surface area (Å²) in [7, 11) is 19.7. The Morgan fingerprint density at radius 3 is 0.541 bits per heavy atom. The fraction of sp³-hybridized carbons (Fsp3) is 0.784. The van der Waals surface area contributed by atoms with Crippen LogP contribution in [0.3, 0.4) is 0 Å². The van der Waals surface area contributed by atoms with Crippen LogP contribution in [0.4, 0.5) is 0 Å². The van der Waals surface area contributed by atoms with E-state index < -0.39 is 248 Å². The van der Waals surface area contributed by atoms with Crippen LogP contribution in [0, 0.1) is 0 Å². The smallest absolute Gasteiger partial charge is 0.187 e. The highest BCUT2D eigenvalue weighted by Crippen LogP contribution is 2.43. The van der Waals surface area contributed by atoms with Crippen molar-refractivity contribution >= 4 is 0 Å². The lowest BCUT2D eigenvalue weighted by molar-refractivity contribution is -0.402. The van der Waals surface area contributed by atoms with Crippen molar-refractivity contribution in [2.45, 2.75) is 215 Å². The van der Waals surface area contributed by atoms with Crippen molar-refractivity contribution in [2.24, 2.45) is 0 Å². The van der Waals surface area contributed by atoms with Gasteiger partial charge in [-0.3, -0.25) is 0 Å². The minimum Gasteiger partial charge on any atom is -0.491 e. The van der Waals surface area contributed by atoms with E-state index in [-0.39, 0.29) is 26.4 Å². The molecule has 21 saturated heterocycles. The number of aliphatic hydroxyl groups excluding tert-OH is 5. The standard InChI is InChI=1S/C74H114O37/c1-17-27-94-36-19-23-38(24-20-36)96-34-45-52-59(85-8)67(93-16)74(104-45)109-51-44(33-79)100-70(63(89-12)58(51)84-7)107-49-42(31-77)102-72(65(91-14)56(49)82-5)111-53-46(35-97-39-25-21-37(22-26-39)95-28-18-2)103-73(66(92-15)60(53)86-9)108-50-43(32-78)99-69(62(88-11)57(50)83-6)105-47-40(29-75)98-68(61(87-10)54(47)80-3)106-48-41(30-76)101-71(110-52)64(90-13)55(48)81-4/h17-26,40-79H,1-2,27-35H2,3-16H3/t40-,41+,42-,43-,44+,45+,46-,47+,48+,49+,50+,51+,52+,53+,54-,55+,56-,57-,58-,59-,60-,61+,62+,63+,64-,65+,66+,67-,68+,69+,70+,71+,72+,73+,74+/m0/s1. The van der Waals surface area contributed by atoms with Gasteiger partial charge in [0.1, 0.15) is 220 Å². The maximum atomic E-state index is 11.5. The van der Waals surface area contributed by atoms with Gasteiger partial charge in [-0.1, -0.05) is 25.3 Å². The molecule has 0 aromatic heterocycles. The van der Waals surface area contributed by atoms with Gasteiger partial charge in [-0.15, -0.1) is 0 Å². The molecule has 21 heterocycles. The summed E-state index contributed by atoms with van der Waals surface area (Å²) in [5.41, 5.74) is 0. The Kier molecular flexibility index (Phi) is 34.8. The lowest BCUT2D eigenvalue weighted by Gasteiger charge is -2.52. The van der Waals surface area contributed by atoms with E-state index in [2.05, 4.69) is 13.2 Å². The Bertz CT molecular complexity index is 2940. The van der Waals surface area contributed by atoms with Gasteiger partial charge in [0.15, 0.2) is 44.0 Å². The molecule has 0 amide bonds. The van der Waals surface area contributed by atoms with Crippen LogP contribution in [0.25, 0.3) is 0 Å². The Morgan fingerprint density at radius 1 is 0.234 bits per heavy atom. The number of hydrogen-bond donors (Lipinski definition) is 5. The largest absolute Gasteiger partial charge is 0.491 e. The van der Waals surface area contributed by atoms with Gasteiger partial charge in [-0.05, 0) is 48.5 Å². The number of benzene rings is 2. The summed E-state index contributed by atoms with van der Waals surface area (Å²) >= 11 is 0. The van der Waals surface area contributed by atoms with Gasteiger partial charge < -0.3 is 177 Å². The highest BCUT2D eigenvalue weighted by atomic mass is 16.8. The first-order valence-corrected chi connectivity index (χ1v) is 36.6. The molecule has 21 aliphatic heterocycles. The molecule has 37 nitrogen and oxygen atoms in total. The van der Waals surface area contributed by atoms with Crippen LogP contribution in [-0.4, -0.2) is 399 Å². The van der Waals surface area contributed by atoms with E-state index in [9.17, 15) is 25.5 Å². The second kappa shape index (κ2) is 43.3. The first-order valence-electron chi connectivity index (χ1n) is 36.6. The molecule has 111 heavy (non-hydrogen) atoms. The van der Waals surface area contributed by atoms with E-state index in [1.54, 1.807) is 60.7 Å². The topological polar surface area (TPSA) is 397 Å². The van der Waals surface area contributed by atoms with Gasteiger partial charge in [0.2, 0.25) is 0 Å². The highest BCUT2D eigenvalue weighted by molar-refractivity contribution is 5.32. The maximum absolute atomic E-state index is 11.5. The van der Waals surface area contributed by atoms with Gasteiger partial charge in [-0.25, -0.2) is 0 Å². The Balaban J connectivity index is 1.05. The predicted octanol–water partition coefficient (Wildman–Crippen LogP) is -0.770. The summed E-state index contributed by atoms with van der Waals surface area (Å²) in [4.78, 5) is 0. The van der Waals surface area contributed by atoms with Gasteiger partial charge in [-0.2, -0.15) is 0 Å². The number of ether oxygens (including phenoxy) is 32. The molecule has 21 fully saturated rings. The lowest BCUT2D eigenvalue weighted by atomic mass is 9.94. The van der Waals surface area contributed by atoms with Crippen molar-refractivity contribution in [3.63, 3.8) is 0 Å². The molecule has 23 rings (SSSR count). The minimum atomic E-state index is -1.44. The quantitative estimate of drug-likeness (QED) is 0.0579. The first kappa shape index (κ1) is 89.2. The zero-order chi connectivity index (χ0) is 79.6. The molecule has 0 aliphatic carbocycles. The van der Waals surface area contributed by atoms with Crippen LogP contribution in [0.2, 0.25) is 0 Å². The predicted molar refractivity (Wildman–Crippen MR) is 377 cm³/mol. The molecule has 35 atom stereocenters. The maximum Gasteiger partial charge on any atom is 0.187 e. The summed E-state index contributed by atoms with van der Waals surface area (Å²) in [6, 6.07) is 13.7. The van der Waals surface area contributed by atoms with E-state index in [0.717, 1.165) is 0 Å². The van der Waals surface area contributed by atoms with Crippen molar-refractivity contribution in [2.75, 3.05) is 159 Å². The van der Waals surface area contributed by atoms with E-state index in [1.165, 1.54) is 99.5 Å². The molecule has 2 aromatic rings. The summed E-state index contributed by atoms with van der Waals surface area (Å²) in [6.45, 7) is 3.97. The molecule has 2 aromatic carbocycles. The van der Waals surface area contributed by atoms with E-state index in [4.69, 9.17) is 152 Å². The zero-order valence-electron chi connectivity index (χ0n) is 65.1. The highest BCUT2D eigenvalue weighted by Gasteiger charge is 2.62. The SMILES string of the molecule is C=CCOc1ccc(OC[C@@H]2O[C@@H]3O[C@H]4[C@H](OC)[C@@H](OC)[C@@H](O[C@H]5[C@H](OC)[C@@H](OC)[C@@H](O[C@H]6[C@@H](OC)[C@H](OC)[C@@H](O[C@H]7[C@H](OC)[C@H](OC)[C@@H](O[C@H]8[C@H](OC)[C@@H](OC)[C@@H](O[C@H]9[C@H](OC)[C@@H](OC)[C@@H](O[C@H]2[C@H](OC)[C@H]3OC)O[C@H]9CO)O[C@@H]8CO)O[C@@H]7COc2ccc(OCC=C)cc2)O[C@@H]6CO)O[C@H]5CO)O[C@H]4CO)cc1. The van der Waals surface area contributed by atoms with Crippen LogP contribution >= 0.6 is 0 Å². The van der Waals surface area contributed by atoms with Crippen LogP contribution < -0.4 is 18.9 Å². The third-order valence-corrected chi connectivity index (χ3v) is 21.1. The second-order valence-corrected chi connectivity index (χ2v) is 27.0. The van der Waals surface area contributed by atoms with Crippen LogP contribution in [0.1, 0.15) is 0 Å². The molecule has 0 radical (unpaired) electrons. The number of methoxy groups -OCH3 is 14. The van der Waals surface area contributed by atoms with Crippen molar-refractivity contribution in [1.29, 1.82) is 0 Å². The summed E-state index contributed by atoms with van der Waals surface area (Å²) in [5.74, 6) is 1.89. The molecule has 0 spiro atoms. The first-order chi connectivity index (χ1) is 54.1. The third kappa shape index (κ3) is 19.8. The zero-order valence-corrected chi connectivity index (χ0v) is 65.1. The molecular formula is C74H114O37. The third-order valence-electron chi connectivity index (χ3n) is 21.1. The molecule has 5 N–H and O–H groups in total. The van der Waals surface area contributed by atoms with Crippen molar-refractivity contribution < 1.29 is 177 Å². The molecule has 21 aliphatic rings. The number of rotatable bonds is 31. The van der Waals surface area contributed by atoms with Gasteiger partial charge in [0.25, 0.3) is 0 Å². The lowest BCUT2D eigenvalue weighted by Crippen LogP contribution is -2.69. The summed E-state index contributed by atoms with van der Waals surface area (Å²) in [5, 5.41) is 57.0. The van der Waals surface area contributed by atoms with Crippen LogP contribution in [-0.2, 0) is 133 Å². The molecule has 0 unspecified atom stereocenters. The Morgan fingerprint density at radius 2 is 0.387 bits per heavy atom. The van der Waals surface area contributed by atoms with E-state index in [0.29, 0.717) is 23.0 Å². The van der Waals surface area contributed by atoms with Crippen molar-refractivity contribution in [3.8, 4) is 23.0 Å². The van der Waals surface area contributed by atoms with Gasteiger partial charge in [0.05, 0.1) is 33.0 Å². The summed E-state index contributed by atoms with van der Waals surface area (Å²) in [6.07, 6.45) is -40.7. The fourth-order valence-corrected chi connectivity index (χ4v) is 15.7. The molecule has 0 saturated carbocycles. The summed E-state index contributed by atoms with van der Waals surface area (Å²) < 4.78 is 207. The minimum absolute atomic E-state index is 0.259. The Hall–Kier alpha value is -4.20. The van der Waals surface area contributed by atoms with Crippen LogP contribution in [0.5, 0.6) is 23.0 Å². The van der Waals surface area contributed by atoms with Crippen molar-refractivity contribution in [1.82, 2.24) is 0 Å².